The van der Waals surface area contributed by atoms with Crippen LogP contribution < -0.4 is 10.5 Å². The summed E-state index contributed by atoms with van der Waals surface area (Å²) in [6.07, 6.45) is 3.44. The molecule has 1 aromatic carbocycles. The van der Waals surface area contributed by atoms with E-state index < -0.39 is 5.63 Å². The van der Waals surface area contributed by atoms with Gasteiger partial charge in [0.1, 0.15) is 11.3 Å². The smallest absolute Gasteiger partial charge is 0.345 e. The Labute approximate surface area is 172 Å². The first-order valence-corrected chi connectivity index (χ1v) is 10.0. The lowest BCUT2D eigenvalue weighted by Gasteiger charge is -2.34. The second-order valence-corrected chi connectivity index (χ2v) is 7.25. The van der Waals surface area contributed by atoms with Crippen LogP contribution in [0.5, 0.6) is 0 Å². The van der Waals surface area contributed by atoms with E-state index in [1.54, 1.807) is 30.6 Å². The van der Waals surface area contributed by atoms with Crippen molar-refractivity contribution in [3.63, 3.8) is 0 Å². The van der Waals surface area contributed by atoms with Crippen LogP contribution >= 0.6 is 0 Å². The molecule has 0 atom stereocenters. The van der Waals surface area contributed by atoms with Crippen LogP contribution in [-0.4, -0.2) is 51.5 Å². The summed E-state index contributed by atoms with van der Waals surface area (Å²) in [6, 6.07) is 10.9. The molecule has 1 saturated heterocycles. The highest BCUT2D eigenvalue weighted by atomic mass is 16.4. The molecule has 3 aromatic heterocycles. The van der Waals surface area contributed by atoms with Crippen molar-refractivity contribution in [3.8, 4) is 0 Å². The number of hydrogen-bond acceptors (Lipinski definition) is 6. The van der Waals surface area contributed by atoms with Crippen molar-refractivity contribution in [2.24, 2.45) is 0 Å². The highest BCUT2D eigenvalue weighted by Gasteiger charge is 2.27. The van der Waals surface area contributed by atoms with Crippen molar-refractivity contribution in [2.75, 3.05) is 31.1 Å². The van der Waals surface area contributed by atoms with Gasteiger partial charge in [-0.2, -0.15) is 0 Å². The van der Waals surface area contributed by atoms with Gasteiger partial charge < -0.3 is 18.8 Å². The number of benzene rings is 1. The van der Waals surface area contributed by atoms with Crippen LogP contribution in [0.3, 0.4) is 0 Å². The van der Waals surface area contributed by atoms with Crippen LogP contribution in [-0.2, 0) is 6.54 Å². The molecule has 1 aliphatic heterocycles. The number of amides is 1. The van der Waals surface area contributed by atoms with E-state index in [1.807, 2.05) is 34.6 Å². The van der Waals surface area contributed by atoms with Crippen molar-refractivity contribution in [3.05, 3.63) is 64.9 Å². The standard InChI is InChI=1S/C22H21N5O3/c1-2-27-17(14-16-19(27)15-6-3-4-7-18(15)30-21(16)29)20(28)25-10-12-26(13-11-25)22-23-8-5-9-24-22/h3-9,14H,2,10-13H2,1H3. The van der Waals surface area contributed by atoms with Crippen LogP contribution in [0.4, 0.5) is 5.95 Å². The van der Waals surface area contributed by atoms with Gasteiger partial charge in [-0.1, -0.05) is 12.1 Å². The van der Waals surface area contributed by atoms with E-state index in [1.165, 1.54) is 0 Å². The summed E-state index contributed by atoms with van der Waals surface area (Å²) in [5.41, 5.74) is 1.37. The minimum absolute atomic E-state index is 0.0786. The Morgan fingerprint density at radius 3 is 2.50 bits per heavy atom. The van der Waals surface area contributed by atoms with Gasteiger partial charge in [-0.05, 0) is 31.2 Å². The van der Waals surface area contributed by atoms with Gasteiger partial charge in [-0.3, -0.25) is 4.79 Å². The van der Waals surface area contributed by atoms with E-state index in [-0.39, 0.29) is 5.91 Å². The minimum Gasteiger partial charge on any atom is -0.422 e. The van der Waals surface area contributed by atoms with Crippen LogP contribution in [0.2, 0.25) is 0 Å². The maximum absolute atomic E-state index is 13.4. The molecule has 1 aliphatic rings. The highest BCUT2D eigenvalue weighted by molar-refractivity contribution is 6.07. The fourth-order valence-corrected chi connectivity index (χ4v) is 4.13. The number of anilines is 1. The highest BCUT2D eigenvalue weighted by Crippen LogP contribution is 2.27. The zero-order valence-corrected chi connectivity index (χ0v) is 16.6. The number of aromatic nitrogens is 3. The molecule has 4 heterocycles. The third-order valence-corrected chi connectivity index (χ3v) is 5.60. The number of carbonyl (C=O) groups is 1. The molecule has 0 spiro atoms. The second kappa shape index (κ2) is 7.29. The molecule has 1 amide bonds. The zero-order valence-electron chi connectivity index (χ0n) is 16.6. The number of aryl methyl sites for hydroxylation is 1. The Morgan fingerprint density at radius 2 is 1.77 bits per heavy atom. The normalized spacial score (nSPS) is 14.6. The average molecular weight is 403 g/mol. The zero-order chi connectivity index (χ0) is 20.7. The third kappa shape index (κ3) is 2.92. The van der Waals surface area contributed by atoms with E-state index in [4.69, 9.17) is 4.42 Å². The maximum Gasteiger partial charge on any atom is 0.345 e. The summed E-state index contributed by atoms with van der Waals surface area (Å²) in [6.45, 7) is 5.01. The molecule has 0 unspecified atom stereocenters. The van der Waals surface area contributed by atoms with Gasteiger partial charge in [0, 0.05) is 50.5 Å². The van der Waals surface area contributed by atoms with Gasteiger partial charge in [0.05, 0.1) is 10.9 Å². The molecule has 5 rings (SSSR count). The Morgan fingerprint density at radius 1 is 1.03 bits per heavy atom. The summed E-state index contributed by atoms with van der Waals surface area (Å²) in [5.74, 6) is 0.599. The number of carbonyl (C=O) groups excluding carboxylic acids is 1. The minimum atomic E-state index is -0.420. The molecule has 0 N–H and O–H groups in total. The van der Waals surface area contributed by atoms with Crippen molar-refractivity contribution in [1.29, 1.82) is 0 Å². The molecule has 4 aromatic rings. The monoisotopic (exact) mass is 403 g/mol. The van der Waals surface area contributed by atoms with Gasteiger partial charge in [-0.15, -0.1) is 0 Å². The molecule has 8 heteroatoms. The summed E-state index contributed by atoms with van der Waals surface area (Å²) >= 11 is 0. The van der Waals surface area contributed by atoms with Gasteiger partial charge in [0.15, 0.2) is 0 Å². The van der Waals surface area contributed by atoms with Crippen molar-refractivity contribution < 1.29 is 9.21 Å². The predicted molar refractivity (Wildman–Crippen MR) is 114 cm³/mol. The molecule has 0 radical (unpaired) electrons. The van der Waals surface area contributed by atoms with Crippen LogP contribution in [0.15, 0.2) is 58.0 Å². The average Bonchev–Trinajstić information content (AvgIpc) is 3.20. The molecule has 0 saturated carbocycles. The molecular weight excluding hydrogens is 382 g/mol. The largest absolute Gasteiger partial charge is 0.422 e. The molecule has 0 aliphatic carbocycles. The number of piperazine rings is 1. The summed E-state index contributed by atoms with van der Waals surface area (Å²) in [5, 5.41) is 1.27. The van der Waals surface area contributed by atoms with Crippen molar-refractivity contribution >= 4 is 33.7 Å². The lowest BCUT2D eigenvalue weighted by atomic mass is 10.2. The Hall–Kier alpha value is -3.68. The molecule has 152 valence electrons. The Balaban J connectivity index is 1.49. The van der Waals surface area contributed by atoms with E-state index >= 15 is 0 Å². The quantitative estimate of drug-likeness (QED) is 0.489. The number of hydrogen-bond donors (Lipinski definition) is 0. The summed E-state index contributed by atoms with van der Waals surface area (Å²) in [4.78, 5) is 38.4. The van der Waals surface area contributed by atoms with Crippen LogP contribution in [0, 0.1) is 0 Å². The summed E-state index contributed by atoms with van der Waals surface area (Å²) in [7, 11) is 0. The van der Waals surface area contributed by atoms with E-state index in [2.05, 4.69) is 14.9 Å². The van der Waals surface area contributed by atoms with Gasteiger partial charge in [-0.25, -0.2) is 14.8 Å². The van der Waals surface area contributed by atoms with Crippen LogP contribution in [0.25, 0.3) is 21.9 Å². The number of fused-ring (bicyclic) bond motifs is 3. The molecule has 0 bridgehead atoms. The van der Waals surface area contributed by atoms with E-state index in [0.717, 1.165) is 10.9 Å². The lowest BCUT2D eigenvalue weighted by molar-refractivity contribution is 0.0736. The van der Waals surface area contributed by atoms with Gasteiger partial charge in [0.25, 0.3) is 5.91 Å². The molecular formula is C22H21N5O3. The Kier molecular flexibility index (Phi) is 4.46. The first-order chi connectivity index (χ1) is 14.7. The third-order valence-electron chi connectivity index (χ3n) is 5.60. The molecule has 1 fully saturated rings. The Bertz CT molecular complexity index is 1290. The fraction of sp³-hybridized carbons (Fsp3) is 0.273. The molecule has 8 nitrogen and oxygen atoms in total. The van der Waals surface area contributed by atoms with Crippen molar-refractivity contribution in [1.82, 2.24) is 19.4 Å². The number of rotatable bonds is 3. The molecule has 30 heavy (non-hydrogen) atoms. The predicted octanol–water partition coefficient (Wildman–Crippen LogP) is 2.52. The maximum atomic E-state index is 13.4. The second-order valence-electron chi connectivity index (χ2n) is 7.25. The number of nitrogens with zero attached hydrogens (tertiary/aromatic N) is 5. The lowest BCUT2D eigenvalue weighted by Crippen LogP contribution is -2.49. The first-order valence-electron chi connectivity index (χ1n) is 10.0. The summed E-state index contributed by atoms with van der Waals surface area (Å²) < 4.78 is 7.38. The SMILES string of the molecule is CCn1c(C(=O)N2CCN(c3ncccn3)CC2)cc2c(=O)oc3ccccc3c21. The topological polar surface area (TPSA) is 84.5 Å². The van der Waals surface area contributed by atoms with E-state index in [0.29, 0.717) is 55.3 Å². The fourth-order valence-electron chi connectivity index (χ4n) is 4.13. The van der Waals surface area contributed by atoms with Crippen LogP contribution in [0.1, 0.15) is 17.4 Å². The van der Waals surface area contributed by atoms with Crippen molar-refractivity contribution in [2.45, 2.75) is 13.5 Å². The van der Waals surface area contributed by atoms with Gasteiger partial charge >= 0.3 is 5.63 Å². The first kappa shape index (κ1) is 18.4. The number of para-hydroxylation sites is 1. The van der Waals surface area contributed by atoms with E-state index in [9.17, 15) is 9.59 Å². The van der Waals surface area contributed by atoms with Gasteiger partial charge in [0.2, 0.25) is 5.95 Å².